The largest absolute Gasteiger partial charge is 0.373 e. The molecule has 2 aliphatic heterocycles. The lowest BCUT2D eigenvalue weighted by atomic mass is 9.70. The molecule has 5 heteroatoms. The van der Waals surface area contributed by atoms with E-state index in [2.05, 4.69) is 4.98 Å². The van der Waals surface area contributed by atoms with Crippen molar-refractivity contribution in [3.05, 3.63) is 40.4 Å². The molecule has 2 bridgehead atoms. The zero-order valence-corrected chi connectivity index (χ0v) is 13.5. The van der Waals surface area contributed by atoms with E-state index in [4.69, 9.17) is 10.5 Å². The van der Waals surface area contributed by atoms with Crippen LogP contribution in [-0.2, 0) is 11.3 Å². The molecule has 122 valence electrons. The first-order valence-electron chi connectivity index (χ1n) is 8.38. The number of nitrogens with two attached hydrogens (primary N) is 1. The molecule has 3 fully saturated rings. The van der Waals surface area contributed by atoms with Gasteiger partial charge < -0.3 is 15.0 Å². The number of ether oxygens (including phenoxy) is 1. The Balaban J connectivity index is 1.63. The highest BCUT2D eigenvalue weighted by molar-refractivity contribution is 5.80. The fourth-order valence-corrected chi connectivity index (χ4v) is 4.03. The molecule has 0 spiro atoms. The summed E-state index contributed by atoms with van der Waals surface area (Å²) < 4.78 is 7.97. The van der Waals surface area contributed by atoms with Crippen LogP contribution >= 0.6 is 0 Å². The van der Waals surface area contributed by atoms with Crippen LogP contribution in [0.15, 0.2) is 29.2 Å². The number of aryl methyl sites for hydroxylation is 2. The van der Waals surface area contributed by atoms with Crippen molar-refractivity contribution in [2.45, 2.75) is 56.7 Å². The van der Waals surface area contributed by atoms with Crippen molar-refractivity contribution < 1.29 is 4.74 Å². The lowest BCUT2D eigenvalue weighted by Crippen LogP contribution is -2.59. The Bertz CT molecular complexity index is 787. The van der Waals surface area contributed by atoms with E-state index >= 15 is 0 Å². The number of aromatic nitrogens is 2. The third kappa shape index (κ3) is 2.48. The highest BCUT2D eigenvalue weighted by atomic mass is 16.5. The zero-order valence-electron chi connectivity index (χ0n) is 13.5. The Morgan fingerprint density at radius 3 is 2.74 bits per heavy atom. The molecule has 1 saturated carbocycles. The fourth-order valence-electron chi connectivity index (χ4n) is 4.03. The van der Waals surface area contributed by atoms with E-state index in [0.717, 1.165) is 48.7 Å². The van der Waals surface area contributed by atoms with Gasteiger partial charge in [0.2, 0.25) is 0 Å². The van der Waals surface area contributed by atoms with E-state index in [1.54, 1.807) is 12.3 Å². The first-order valence-corrected chi connectivity index (χ1v) is 8.38. The highest BCUT2D eigenvalue weighted by Crippen LogP contribution is 2.44. The summed E-state index contributed by atoms with van der Waals surface area (Å²) in [5.41, 5.74) is 8.04. The average molecular weight is 313 g/mol. The summed E-state index contributed by atoms with van der Waals surface area (Å²) in [6, 6.07) is 5.44. The second-order valence-corrected chi connectivity index (χ2v) is 7.24. The molecule has 0 atom stereocenters. The molecule has 2 aromatic rings. The third-order valence-corrected chi connectivity index (χ3v) is 5.73. The number of nitrogens with zero attached hydrogens (tertiary/aromatic N) is 2. The number of hydrogen-bond donors (Lipinski definition) is 1. The number of fused-ring (bicyclic) bond motifs is 4. The van der Waals surface area contributed by atoms with Crippen molar-refractivity contribution in [1.82, 2.24) is 9.55 Å². The maximum absolute atomic E-state index is 12.4. The maximum Gasteiger partial charge on any atom is 0.251 e. The monoisotopic (exact) mass is 313 g/mol. The standard InChI is InChI=1S/C18H23N3O2/c1-13-14-2-3-16(22)21(15(14)4-10-20-13)11-9-18-7-5-17(19,6-8-18)12-23-18/h2-4,10H,5-9,11-12,19H2,1H3. The van der Waals surface area contributed by atoms with Crippen molar-refractivity contribution in [2.24, 2.45) is 5.73 Å². The van der Waals surface area contributed by atoms with Crippen molar-refractivity contribution in [2.75, 3.05) is 6.61 Å². The van der Waals surface area contributed by atoms with E-state index in [-0.39, 0.29) is 16.7 Å². The van der Waals surface area contributed by atoms with Crippen molar-refractivity contribution in [1.29, 1.82) is 0 Å². The molecule has 4 heterocycles. The van der Waals surface area contributed by atoms with Gasteiger partial charge in [-0.15, -0.1) is 0 Å². The summed E-state index contributed by atoms with van der Waals surface area (Å²) in [5, 5.41) is 1.04. The van der Waals surface area contributed by atoms with Gasteiger partial charge in [0.05, 0.1) is 17.7 Å². The van der Waals surface area contributed by atoms with Crippen LogP contribution in [0, 0.1) is 6.92 Å². The van der Waals surface area contributed by atoms with Crippen molar-refractivity contribution in [3.63, 3.8) is 0 Å². The second kappa shape index (κ2) is 5.14. The minimum Gasteiger partial charge on any atom is -0.373 e. The Kier molecular flexibility index (Phi) is 3.32. The van der Waals surface area contributed by atoms with Gasteiger partial charge in [0.15, 0.2) is 0 Å². The van der Waals surface area contributed by atoms with Crippen LogP contribution in [0.4, 0.5) is 0 Å². The molecule has 0 unspecified atom stereocenters. The Morgan fingerprint density at radius 1 is 1.26 bits per heavy atom. The van der Waals surface area contributed by atoms with Gasteiger partial charge in [-0.2, -0.15) is 0 Å². The first kappa shape index (κ1) is 14.8. The van der Waals surface area contributed by atoms with Crippen LogP contribution in [0.3, 0.4) is 0 Å². The maximum atomic E-state index is 12.4. The van der Waals surface area contributed by atoms with Crippen LogP contribution in [0.1, 0.15) is 37.8 Å². The summed E-state index contributed by atoms with van der Waals surface area (Å²) >= 11 is 0. The summed E-state index contributed by atoms with van der Waals surface area (Å²) in [6.07, 6.45) is 6.70. The smallest absolute Gasteiger partial charge is 0.251 e. The molecule has 2 saturated heterocycles. The number of hydrogen-bond acceptors (Lipinski definition) is 4. The van der Waals surface area contributed by atoms with E-state index < -0.39 is 0 Å². The topological polar surface area (TPSA) is 70.1 Å². The van der Waals surface area contributed by atoms with Gasteiger partial charge in [-0.05, 0) is 51.2 Å². The molecular weight excluding hydrogens is 290 g/mol. The highest BCUT2D eigenvalue weighted by Gasteiger charge is 2.47. The predicted octanol–water partition coefficient (Wildman–Crippen LogP) is 2.14. The van der Waals surface area contributed by atoms with E-state index in [1.807, 2.05) is 23.6 Å². The van der Waals surface area contributed by atoms with Crippen molar-refractivity contribution in [3.8, 4) is 0 Å². The Labute approximate surface area is 135 Å². The Morgan fingerprint density at radius 2 is 2.04 bits per heavy atom. The quantitative estimate of drug-likeness (QED) is 0.942. The van der Waals surface area contributed by atoms with Crippen molar-refractivity contribution >= 4 is 10.9 Å². The van der Waals surface area contributed by atoms with Gasteiger partial charge in [0.1, 0.15) is 0 Å². The minimum atomic E-state index is -0.110. The number of rotatable bonds is 3. The van der Waals surface area contributed by atoms with Gasteiger partial charge in [0.25, 0.3) is 5.56 Å². The van der Waals surface area contributed by atoms with Crippen LogP contribution in [0.25, 0.3) is 10.9 Å². The molecular formula is C18H23N3O2. The zero-order chi connectivity index (χ0) is 16.1. The average Bonchev–Trinajstić information content (AvgIpc) is 2.56. The van der Waals surface area contributed by atoms with Crippen LogP contribution in [-0.4, -0.2) is 27.3 Å². The SMILES string of the molecule is Cc1nccc2c1ccc(=O)n2CCC12CCC(N)(CC1)CO2. The van der Waals surface area contributed by atoms with Gasteiger partial charge >= 0.3 is 0 Å². The second-order valence-electron chi connectivity index (χ2n) is 7.24. The van der Waals surface area contributed by atoms with E-state index in [0.29, 0.717) is 13.2 Å². The molecule has 5 nitrogen and oxygen atoms in total. The lowest BCUT2D eigenvalue weighted by Gasteiger charge is -2.51. The molecule has 5 rings (SSSR count). The summed E-state index contributed by atoms with van der Waals surface area (Å²) in [4.78, 5) is 16.7. The fraction of sp³-hybridized carbons (Fsp3) is 0.556. The summed E-state index contributed by atoms with van der Waals surface area (Å²) in [6.45, 7) is 3.31. The first-order chi connectivity index (χ1) is 11.0. The van der Waals surface area contributed by atoms with Crippen LogP contribution < -0.4 is 11.3 Å². The lowest BCUT2D eigenvalue weighted by molar-refractivity contribution is -0.157. The molecule has 0 amide bonds. The van der Waals surface area contributed by atoms with Gasteiger partial charge in [-0.1, -0.05) is 0 Å². The van der Waals surface area contributed by atoms with Gasteiger partial charge in [-0.25, -0.2) is 0 Å². The molecule has 2 N–H and O–H groups in total. The molecule has 0 aromatic carbocycles. The predicted molar refractivity (Wildman–Crippen MR) is 89.4 cm³/mol. The molecule has 2 aromatic heterocycles. The normalized spacial score (nSPS) is 30.0. The summed E-state index contributed by atoms with van der Waals surface area (Å²) in [5.74, 6) is 0. The molecule has 1 aliphatic carbocycles. The van der Waals surface area contributed by atoms with Gasteiger partial charge in [0, 0.05) is 35.4 Å². The van der Waals surface area contributed by atoms with Crippen LogP contribution in [0.2, 0.25) is 0 Å². The van der Waals surface area contributed by atoms with Gasteiger partial charge in [-0.3, -0.25) is 9.78 Å². The molecule has 0 radical (unpaired) electrons. The Hall–Kier alpha value is -1.72. The molecule has 3 aliphatic rings. The third-order valence-electron chi connectivity index (χ3n) is 5.73. The summed E-state index contributed by atoms with van der Waals surface area (Å²) in [7, 11) is 0. The number of pyridine rings is 2. The van der Waals surface area contributed by atoms with Crippen LogP contribution in [0.5, 0.6) is 0 Å². The minimum absolute atomic E-state index is 0.0410. The molecule has 23 heavy (non-hydrogen) atoms. The van der Waals surface area contributed by atoms with E-state index in [1.165, 1.54) is 0 Å². The van der Waals surface area contributed by atoms with E-state index in [9.17, 15) is 4.79 Å².